The van der Waals surface area contributed by atoms with Crippen molar-refractivity contribution in [3.63, 3.8) is 0 Å². The highest BCUT2D eigenvalue weighted by atomic mass is 19.4. The highest BCUT2D eigenvalue weighted by molar-refractivity contribution is 5.93. The average Bonchev–Trinajstić information content (AvgIpc) is 3.61. The van der Waals surface area contributed by atoms with Crippen LogP contribution in [0.1, 0.15) is 47.2 Å². The van der Waals surface area contributed by atoms with E-state index >= 15 is 0 Å². The second kappa shape index (κ2) is 8.85. The number of carbonyl (C=O) groups is 2. The Bertz CT molecular complexity index is 1130. The number of benzene rings is 1. The number of aromatic nitrogens is 2. The minimum absolute atomic E-state index is 0.0426. The van der Waals surface area contributed by atoms with Gasteiger partial charge < -0.3 is 15.5 Å². The fraction of sp³-hybridized carbons (Fsp3) is 0.542. The molecule has 0 bridgehead atoms. The van der Waals surface area contributed by atoms with Crippen molar-refractivity contribution in [2.24, 2.45) is 11.1 Å². The van der Waals surface area contributed by atoms with Crippen molar-refractivity contribution in [1.29, 1.82) is 0 Å². The van der Waals surface area contributed by atoms with Crippen LogP contribution in [0.25, 0.3) is 0 Å². The molecule has 1 unspecified atom stereocenters. The van der Waals surface area contributed by atoms with Gasteiger partial charge in [-0.1, -0.05) is 6.07 Å². The minimum Gasteiger partial charge on any atom is -0.371 e. The second-order valence-electron chi connectivity index (χ2n) is 10.00. The van der Waals surface area contributed by atoms with E-state index < -0.39 is 17.6 Å². The lowest BCUT2D eigenvalue weighted by atomic mass is 9.86. The molecule has 0 aliphatic carbocycles. The van der Waals surface area contributed by atoms with Gasteiger partial charge in [0, 0.05) is 56.6 Å². The standard InChI is InChI=1S/C24H29F3N6O2/c25-24(26,27)19-4-3-17(11-20(19)31-7-1-2-8-31)13-30-9-5-23(15-30)6-10-32(16-23)22(35)33-14-18(12-29-33)21(28)34/h3-4,11-12,14H,1-2,5-10,13,15-16H2,(H2,28,34). The van der Waals surface area contributed by atoms with E-state index in [2.05, 4.69) is 10.00 Å². The fourth-order valence-electron chi connectivity index (χ4n) is 5.69. The van der Waals surface area contributed by atoms with Crippen molar-refractivity contribution in [3.8, 4) is 0 Å². The van der Waals surface area contributed by atoms with Gasteiger partial charge in [-0.15, -0.1) is 0 Å². The first-order chi connectivity index (χ1) is 16.6. The fourth-order valence-corrected chi connectivity index (χ4v) is 5.69. The van der Waals surface area contributed by atoms with Gasteiger partial charge in [-0.05, 0) is 49.9 Å². The van der Waals surface area contributed by atoms with Crippen LogP contribution in [0.15, 0.2) is 30.6 Å². The van der Waals surface area contributed by atoms with E-state index in [9.17, 15) is 22.8 Å². The Balaban J connectivity index is 1.25. The molecule has 3 saturated heterocycles. The van der Waals surface area contributed by atoms with Gasteiger partial charge in [0.2, 0.25) is 0 Å². The molecule has 0 saturated carbocycles. The smallest absolute Gasteiger partial charge is 0.371 e. The monoisotopic (exact) mass is 490 g/mol. The zero-order valence-electron chi connectivity index (χ0n) is 19.4. The number of likely N-dealkylation sites (tertiary alicyclic amines) is 2. The summed E-state index contributed by atoms with van der Waals surface area (Å²) in [6.45, 7) is 4.67. The van der Waals surface area contributed by atoms with Crippen LogP contribution in [0.3, 0.4) is 0 Å². The highest BCUT2D eigenvalue weighted by Crippen LogP contribution is 2.41. The zero-order valence-corrected chi connectivity index (χ0v) is 19.4. The Kier molecular flexibility index (Phi) is 5.98. The van der Waals surface area contributed by atoms with Crippen LogP contribution in [0.5, 0.6) is 0 Å². The number of nitrogens with two attached hydrogens (primary N) is 1. The summed E-state index contributed by atoms with van der Waals surface area (Å²) in [6, 6.07) is 4.23. The van der Waals surface area contributed by atoms with Crippen molar-refractivity contribution in [2.45, 2.75) is 38.4 Å². The van der Waals surface area contributed by atoms with Gasteiger partial charge >= 0.3 is 12.2 Å². The van der Waals surface area contributed by atoms with E-state index in [1.807, 2.05) is 4.90 Å². The van der Waals surface area contributed by atoms with Gasteiger partial charge in [-0.2, -0.15) is 23.0 Å². The lowest BCUT2D eigenvalue weighted by Crippen LogP contribution is -2.36. The normalized spacial score (nSPS) is 23.1. The summed E-state index contributed by atoms with van der Waals surface area (Å²) in [5, 5.41) is 3.96. The summed E-state index contributed by atoms with van der Waals surface area (Å²) >= 11 is 0. The number of alkyl halides is 3. The molecule has 1 atom stereocenters. The van der Waals surface area contributed by atoms with E-state index in [1.54, 1.807) is 17.0 Å². The Hall–Kier alpha value is -3.08. The van der Waals surface area contributed by atoms with Crippen LogP contribution in [-0.2, 0) is 12.7 Å². The number of rotatable bonds is 4. The molecule has 11 heteroatoms. The quantitative estimate of drug-likeness (QED) is 0.712. The summed E-state index contributed by atoms with van der Waals surface area (Å²) in [5.74, 6) is -0.635. The molecule has 3 fully saturated rings. The molecule has 1 aromatic heterocycles. The molecule has 1 aromatic carbocycles. The molecule has 188 valence electrons. The van der Waals surface area contributed by atoms with Crippen molar-refractivity contribution in [1.82, 2.24) is 19.6 Å². The van der Waals surface area contributed by atoms with Crippen LogP contribution >= 0.6 is 0 Å². The number of nitrogens with zero attached hydrogens (tertiary/aromatic N) is 5. The van der Waals surface area contributed by atoms with Gasteiger partial charge in [0.05, 0.1) is 17.3 Å². The summed E-state index contributed by atoms with van der Waals surface area (Å²) in [4.78, 5) is 30.0. The maximum Gasteiger partial charge on any atom is 0.418 e. The molecule has 1 spiro atoms. The molecule has 2 amide bonds. The molecular formula is C24H29F3N6O2. The first-order valence-corrected chi connectivity index (χ1v) is 11.9. The summed E-state index contributed by atoms with van der Waals surface area (Å²) in [5.41, 5.74) is 5.98. The molecule has 4 heterocycles. The predicted octanol–water partition coefficient (Wildman–Crippen LogP) is 3.17. The number of anilines is 1. The molecule has 35 heavy (non-hydrogen) atoms. The van der Waals surface area contributed by atoms with Crippen LogP contribution in [0, 0.1) is 5.41 Å². The topological polar surface area (TPSA) is 87.7 Å². The van der Waals surface area contributed by atoms with E-state index in [-0.39, 0.29) is 22.7 Å². The Morgan fingerprint density at radius 3 is 2.49 bits per heavy atom. The number of halogens is 3. The van der Waals surface area contributed by atoms with E-state index in [0.717, 1.165) is 49.0 Å². The van der Waals surface area contributed by atoms with E-state index in [4.69, 9.17) is 5.73 Å². The molecule has 5 rings (SSSR count). The van der Waals surface area contributed by atoms with Crippen molar-refractivity contribution >= 4 is 17.6 Å². The molecule has 3 aliphatic rings. The van der Waals surface area contributed by atoms with Gasteiger partial charge in [-0.25, -0.2) is 4.79 Å². The molecule has 8 nitrogen and oxygen atoms in total. The lowest BCUT2D eigenvalue weighted by molar-refractivity contribution is -0.137. The van der Waals surface area contributed by atoms with E-state index in [0.29, 0.717) is 32.7 Å². The Labute approximate surface area is 201 Å². The number of primary amides is 1. The highest BCUT2D eigenvalue weighted by Gasteiger charge is 2.45. The SMILES string of the molecule is NC(=O)c1cnn(C(=O)N2CCC3(CCN(Cc4ccc(C(F)(F)F)c(N5CCCC5)c4)C3)C2)c1. The third kappa shape index (κ3) is 4.73. The largest absolute Gasteiger partial charge is 0.418 e. The number of hydrogen-bond donors (Lipinski definition) is 1. The maximum absolute atomic E-state index is 13.6. The lowest BCUT2D eigenvalue weighted by Gasteiger charge is -2.26. The molecule has 0 radical (unpaired) electrons. The Morgan fingerprint density at radius 2 is 1.80 bits per heavy atom. The molecule has 2 aromatic rings. The van der Waals surface area contributed by atoms with Crippen molar-refractivity contribution < 1.29 is 22.8 Å². The van der Waals surface area contributed by atoms with Crippen LogP contribution in [0.2, 0.25) is 0 Å². The van der Waals surface area contributed by atoms with E-state index in [1.165, 1.54) is 18.5 Å². The van der Waals surface area contributed by atoms with Crippen molar-refractivity contribution in [2.75, 3.05) is 44.2 Å². The van der Waals surface area contributed by atoms with Crippen LogP contribution in [-0.4, -0.2) is 70.8 Å². The third-order valence-electron chi connectivity index (χ3n) is 7.51. The first-order valence-electron chi connectivity index (χ1n) is 11.9. The first kappa shape index (κ1) is 23.7. The number of carbonyl (C=O) groups excluding carboxylic acids is 2. The van der Waals surface area contributed by atoms with Crippen molar-refractivity contribution in [3.05, 3.63) is 47.3 Å². The predicted molar refractivity (Wildman–Crippen MR) is 123 cm³/mol. The van der Waals surface area contributed by atoms with Gasteiger partial charge in [-0.3, -0.25) is 9.69 Å². The molecule has 2 N–H and O–H groups in total. The second-order valence-corrected chi connectivity index (χ2v) is 10.00. The van der Waals surface area contributed by atoms with Gasteiger partial charge in [0.15, 0.2) is 0 Å². The summed E-state index contributed by atoms with van der Waals surface area (Å²) < 4.78 is 42.0. The molecular weight excluding hydrogens is 461 g/mol. The molecule has 3 aliphatic heterocycles. The maximum atomic E-state index is 13.6. The zero-order chi connectivity index (χ0) is 24.8. The number of amides is 2. The minimum atomic E-state index is -4.37. The average molecular weight is 491 g/mol. The summed E-state index contributed by atoms with van der Waals surface area (Å²) in [7, 11) is 0. The third-order valence-corrected chi connectivity index (χ3v) is 7.51. The summed E-state index contributed by atoms with van der Waals surface area (Å²) in [6.07, 6.45) is 1.85. The van der Waals surface area contributed by atoms with Crippen LogP contribution in [0.4, 0.5) is 23.7 Å². The van der Waals surface area contributed by atoms with Gasteiger partial charge in [0.1, 0.15) is 0 Å². The number of hydrogen-bond acceptors (Lipinski definition) is 5. The Morgan fingerprint density at radius 1 is 1.06 bits per heavy atom. The van der Waals surface area contributed by atoms with Crippen LogP contribution < -0.4 is 10.6 Å². The van der Waals surface area contributed by atoms with Gasteiger partial charge in [0.25, 0.3) is 5.91 Å².